The van der Waals surface area contributed by atoms with E-state index in [2.05, 4.69) is 10.6 Å². The van der Waals surface area contributed by atoms with Crippen LogP contribution in [0.15, 0.2) is 54.6 Å². The first-order valence-electron chi connectivity index (χ1n) is 9.21. The van der Waals surface area contributed by atoms with Crippen LogP contribution >= 0.6 is 0 Å². The van der Waals surface area contributed by atoms with Gasteiger partial charge in [-0.25, -0.2) is 0 Å². The third-order valence-corrected chi connectivity index (χ3v) is 4.15. The Kier molecular flexibility index (Phi) is 8.21. The zero-order chi connectivity index (χ0) is 21.3. The molecule has 1 atom stereocenters. The summed E-state index contributed by atoms with van der Waals surface area (Å²) in [5.74, 6) is -0.689. The maximum Gasteiger partial charge on any atom is 0.416 e. The Balaban J connectivity index is 1.82. The molecule has 8 heteroatoms. The SMILES string of the molecule is CCOC(CCNC(=O)c1ccccc1)CNC(=O)c1ccc(C(F)(F)F)cc1. The Morgan fingerprint density at radius 2 is 1.52 bits per heavy atom. The molecule has 2 N–H and O–H groups in total. The summed E-state index contributed by atoms with van der Waals surface area (Å²) in [6.45, 7) is 2.77. The summed E-state index contributed by atoms with van der Waals surface area (Å²) in [7, 11) is 0. The lowest BCUT2D eigenvalue weighted by Gasteiger charge is -2.18. The number of halogens is 3. The number of hydrogen-bond acceptors (Lipinski definition) is 3. The number of carbonyl (C=O) groups is 2. The first kappa shape index (κ1) is 22.4. The minimum Gasteiger partial charge on any atom is -0.377 e. The molecule has 1 unspecified atom stereocenters. The predicted molar refractivity (Wildman–Crippen MR) is 103 cm³/mol. The topological polar surface area (TPSA) is 67.4 Å². The van der Waals surface area contributed by atoms with Gasteiger partial charge in [0.1, 0.15) is 0 Å². The van der Waals surface area contributed by atoms with Crippen molar-refractivity contribution < 1.29 is 27.5 Å². The predicted octanol–water partition coefficient (Wildman–Crippen LogP) is 3.66. The molecule has 0 radical (unpaired) electrons. The highest BCUT2D eigenvalue weighted by molar-refractivity contribution is 5.94. The Hall–Kier alpha value is -2.87. The van der Waals surface area contributed by atoms with Gasteiger partial charge in [-0.15, -0.1) is 0 Å². The van der Waals surface area contributed by atoms with Crippen LogP contribution in [-0.4, -0.2) is 37.6 Å². The van der Waals surface area contributed by atoms with E-state index in [1.165, 1.54) is 0 Å². The summed E-state index contributed by atoms with van der Waals surface area (Å²) in [5.41, 5.74) is -0.128. The number of nitrogens with one attached hydrogen (secondary N) is 2. The average molecular weight is 408 g/mol. The first-order valence-corrected chi connectivity index (χ1v) is 9.21. The normalized spacial score (nSPS) is 12.3. The highest BCUT2D eigenvalue weighted by Gasteiger charge is 2.30. The molecule has 0 aliphatic heterocycles. The second kappa shape index (κ2) is 10.6. The van der Waals surface area contributed by atoms with Crippen LogP contribution in [0.3, 0.4) is 0 Å². The number of ether oxygens (including phenoxy) is 1. The average Bonchev–Trinajstić information content (AvgIpc) is 2.71. The number of amides is 2. The summed E-state index contributed by atoms with van der Waals surface area (Å²) >= 11 is 0. The number of carbonyl (C=O) groups excluding carboxylic acids is 2. The molecule has 2 rings (SSSR count). The van der Waals surface area contributed by atoms with Gasteiger partial charge in [0, 0.05) is 30.8 Å². The van der Waals surface area contributed by atoms with Gasteiger partial charge in [0.25, 0.3) is 11.8 Å². The summed E-state index contributed by atoms with van der Waals surface area (Å²) in [6.07, 6.45) is -4.31. The number of alkyl halides is 3. The van der Waals surface area contributed by atoms with Gasteiger partial charge in [-0.2, -0.15) is 13.2 Å². The van der Waals surface area contributed by atoms with Gasteiger partial charge < -0.3 is 15.4 Å². The van der Waals surface area contributed by atoms with E-state index in [0.717, 1.165) is 24.3 Å². The van der Waals surface area contributed by atoms with Gasteiger partial charge in [0.15, 0.2) is 0 Å². The van der Waals surface area contributed by atoms with E-state index in [1.807, 2.05) is 13.0 Å². The summed E-state index contributed by atoms with van der Waals surface area (Å²) in [4.78, 5) is 24.2. The van der Waals surface area contributed by atoms with Crippen LogP contribution in [0.5, 0.6) is 0 Å². The Morgan fingerprint density at radius 3 is 2.10 bits per heavy atom. The van der Waals surface area contributed by atoms with Crippen LogP contribution < -0.4 is 10.6 Å². The van der Waals surface area contributed by atoms with Gasteiger partial charge in [-0.3, -0.25) is 9.59 Å². The van der Waals surface area contributed by atoms with Crippen molar-refractivity contribution >= 4 is 11.8 Å². The molecule has 2 amide bonds. The molecule has 0 spiro atoms. The summed E-state index contributed by atoms with van der Waals surface area (Å²) in [5, 5.41) is 5.44. The Morgan fingerprint density at radius 1 is 0.931 bits per heavy atom. The Bertz CT molecular complexity index is 793. The van der Waals surface area contributed by atoms with E-state index in [4.69, 9.17) is 4.74 Å². The van der Waals surface area contributed by atoms with Crippen LogP contribution in [-0.2, 0) is 10.9 Å². The third kappa shape index (κ3) is 7.23. The van der Waals surface area contributed by atoms with Gasteiger partial charge in [-0.1, -0.05) is 18.2 Å². The van der Waals surface area contributed by atoms with E-state index in [1.54, 1.807) is 24.3 Å². The van der Waals surface area contributed by atoms with Crippen LogP contribution in [0.25, 0.3) is 0 Å². The molecule has 0 fully saturated rings. The van der Waals surface area contributed by atoms with E-state index < -0.39 is 17.6 Å². The van der Waals surface area contributed by atoms with Crippen molar-refractivity contribution in [2.75, 3.05) is 19.7 Å². The molecular formula is C21H23F3N2O3. The van der Waals surface area contributed by atoms with Gasteiger partial charge in [0.05, 0.1) is 11.7 Å². The zero-order valence-corrected chi connectivity index (χ0v) is 16.0. The zero-order valence-electron chi connectivity index (χ0n) is 16.0. The van der Waals surface area contributed by atoms with Crippen molar-refractivity contribution in [1.29, 1.82) is 0 Å². The lowest BCUT2D eigenvalue weighted by molar-refractivity contribution is -0.137. The van der Waals surface area contributed by atoms with Crippen LogP contribution in [0.4, 0.5) is 13.2 Å². The fraction of sp³-hybridized carbons (Fsp3) is 0.333. The molecule has 29 heavy (non-hydrogen) atoms. The van der Waals surface area contributed by atoms with E-state index in [-0.39, 0.29) is 24.1 Å². The molecule has 0 aliphatic rings. The lowest BCUT2D eigenvalue weighted by atomic mass is 10.1. The minimum atomic E-state index is -4.45. The van der Waals surface area contributed by atoms with Crippen LogP contribution in [0.2, 0.25) is 0 Å². The van der Waals surface area contributed by atoms with Crippen molar-refractivity contribution in [3.05, 3.63) is 71.3 Å². The number of rotatable bonds is 9. The molecule has 2 aromatic rings. The number of hydrogen-bond donors (Lipinski definition) is 2. The molecule has 5 nitrogen and oxygen atoms in total. The standard InChI is InChI=1S/C21H23F3N2O3/c1-2-29-18(12-13-25-19(27)15-6-4-3-5-7-15)14-26-20(28)16-8-10-17(11-9-16)21(22,23)24/h3-11,18H,2,12-14H2,1H3,(H,25,27)(H,26,28). The minimum absolute atomic E-state index is 0.130. The maximum atomic E-state index is 12.6. The lowest BCUT2D eigenvalue weighted by Crippen LogP contribution is -2.36. The molecule has 0 bridgehead atoms. The second-order valence-electron chi connectivity index (χ2n) is 6.27. The summed E-state index contributed by atoms with van der Waals surface area (Å²) < 4.78 is 43.4. The van der Waals surface area contributed by atoms with Gasteiger partial charge >= 0.3 is 6.18 Å². The van der Waals surface area contributed by atoms with Crippen LogP contribution in [0.1, 0.15) is 39.6 Å². The molecule has 156 valence electrons. The largest absolute Gasteiger partial charge is 0.416 e. The molecule has 0 saturated carbocycles. The summed E-state index contributed by atoms with van der Waals surface area (Å²) in [6, 6.07) is 12.8. The molecule has 0 heterocycles. The van der Waals surface area contributed by atoms with E-state index >= 15 is 0 Å². The Labute approximate surface area is 167 Å². The maximum absolute atomic E-state index is 12.6. The van der Waals surface area contributed by atoms with E-state index in [0.29, 0.717) is 25.1 Å². The van der Waals surface area contributed by atoms with Crippen molar-refractivity contribution in [1.82, 2.24) is 10.6 Å². The van der Waals surface area contributed by atoms with Crippen molar-refractivity contribution in [2.24, 2.45) is 0 Å². The van der Waals surface area contributed by atoms with E-state index in [9.17, 15) is 22.8 Å². The van der Waals surface area contributed by atoms with Crippen molar-refractivity contribution in [3.8, 4) is 0 Å². The fourth-order valence-corrected chi connectivity index (χ4v) is 2.64. The van der Waals surface area contributed by atoms with Crippen molar-refractivity contribution in [2.45, 2.75) is 25.6 Å². The van der Waals surface area contributed by atoms with Crippen molar-refractivity contribution in [3.63, 3.8) is 0 Å². The second-order valence-corrected chi connectivity index (χ2v) is 6.27. The smallest absolute Gasteiger partial charge is 0.377 e. The molecule has 0 saturated heterocycles. The highest BCUT2D eigenvalue weighted by Crippen LogP contribution is 2.29. The van der Waals surface area contributed by atoms with Crippen LogP contribution in [0, 0.1) is 0 Å². The number of benzene rings is 2. The molecule has 2 aromatic carbocycles. The molecule has 0 aromatic heterocycles. The fourth-order valence-electron chi connectivity index (χ4n) is 2.64. The molecule has 0 aliphatic carbocycles. The van der Waals surface area contributed by atoms with Gasteiger partial charge in [0.2, 0.25) is 0 Å². The third-order valence-electron chi connectivity index (χ3n) is 4.15. The van der Waals surface area contributed by atoms with Gasteiger partial charge in [-0.05, 0) is 49.7 Å². The monoisotopic (exact) mass is 408 g/mol. The quantitative estimate of drug-likeness (QED) is 0.666. The molecular weight excluding hydrogens is 385 g/mol. The first-order chi connectivity index (χ1) is 13.8. The highest BCUT2D eigenvalue weighted by atomic mass is 19.4.